The van der Waals surface area contributed by atoms with Crippen LogP contribution >= 0.6 is 11.3 Å². The minimum Gasteiger partial charge on any atom is -0.467 e. The topological polar surface area (TPSA) is 62.6 Å². The molecule has 0 aliphatic heterocycles. The number of fused-ring (bicyclic) bond motifs is 1. The highest BCUT2D eigenvalue weighted by molar-refractivity contribution is 7.14. The summed E-state index contributed by atoms with van der Waals surface area (Å²) in [5, 5.41) is 2.95. The molecule has 0 fully saturated rings. The van der Waals surface area contributed by atoms with Gasteiger partial charge in [-0.15, -0.1) is 11.3 Å². The van der Waals surface area contributed by atoms with E-state index in [1.807, 2.05) is 36.9 Å². The molecule has 0 bridgehead atoms. The second-order valence-electron chi connectivity index (χ2n) is 6.27. The van der Waals surface area contributed by atoms with Gasteiger partial charge in [0, 0.05) is 23.9 Å². The summed E-state index contributed by atoms with van der Waals surface area (Å²) in [5.41, 5.74) is 1.16. The van der Waals surface area contributed by atoms with Crippen LogP contribution in [-0.4, -0.2) is 29.8 Å². The van der Waals surface area contributed by atoms with Crippen LogP contribution in [0.2, 0.25) is 0 Å². The third-order valence-electron chi connectivity index (χ3n) is 4.73. The van der Waals surface area contributed by atoms with Crippen molar-refractivity contribution in [3.8, 4) is 0 Å². The minimum atomic E-state index is -0.0338. The highest BCUT2D eigenvalue weighted by Gasteiger charge is 2.28. The molecule has 0 aromatic carbocycles. The van der Waals surface area contributed by atoms with Crippen molar-refractivity contribution in [3.63, 3.8) is 0 Å². The molecule has 2 aromatic rings. The Balaban J connectivity index is 1.63. The maximum absolute atomic E-state index is 12.5. The molecule has 1 N–H and O–H groups in total. The molecule has 2 amide bonds. The van der Waals surface area contributed by atoms with Crippen molar-refractivity contribution in [2.45, 2.75) is 39.7 Å². The Bertz CT molecular complexity index is 732. The van der Waals surface area contributed by atoms with Crippen LogP contribution in [0.15, 0.2) is 28.9 Å². The van der Waals surface area contributed by atoms with Gasteiger partial charge < -0.3 is 14.6 Å². The first kappa shape index (κ1) is 17.7. The van der Waals surface area contributed by atoms with E-state index < -0.39 is 0 Å². The molecule has 1 aliphatic rings. The lowest BCUT2D eigenvalue weighted by Gasteiger charge is -2.21. The Labute approximate surface area is 152 Å². The summed E-state index contributed by atoms with van der Waals surface area (Å²) < 4.78 is 5.25. The number of furan rings is 1. The zero-order chi connectivity index (χ0) is 17.8. The molecule has 0 spiro atoms. The van der Waals surface area contributed by atoms with Gasteiger partial charge in [-0.2, -0.15) is 0 Å². The minimum absolute atomic E-state index is 0.0338. The van der Waals surface area contributed by atoms with E-state index in [1.54, 1.807) is 17.6 Å². The van der Waals surface area contributed by atoms with Crippen LogP contribution in [0.4, 0.5) is 0 Å². The van der Waals surface area contributed by atoms with Crippen molar-refractivity contribution in [1.82, 2.24) is 10.2 Å². The summed E-state index contributed by atoms with van der Waals surface area (Å²) in [7, 11) is 0. The van der Waals surface area contributed by atoms with Crippen molar-refractivity contribution < 1.29 is 14.0 Å². The highest BCUT2D eigenvalue weighted by Crippen LogP contribution is 2.33. The van der Waals surface area contributed by atoms with E-state index in [-0.39, 0.29) is 17.7 Å². The summed E-state index contributed by atoms with van der Waals surface area (Å²) in [4.78, 5) is 28.8. The zero-order valence-corrected chi connectivity index (χ0v) is 15.5. The van der Waals surface area contributed by atoms with Crippen LogP contribution in [0, 0.1) is 5.92 Å². The number of amides is 2. The van der Waals surface area contributed by atoms with Crippen molar-refractivity contribution >= 4 is 23.2 Å². The quantitative estimate of drug-likeness (QED) is 0.860. The molecule has 6 heteroatoms. The second kappa shape index (κ2) is 7.87. The standard InChI is InChI=1S/C19H24N2O3S/c1-3-21(4-2)19(23)17-11-14-10-13(7-8-16(14)25-17)18(22)20-12-15-6-5-9-24-15/h5-6,9,11,13H,3-4,7-8,10,12H2,1-2H3,(H,20,22). The van der Waals surface area contributed by atoms with Crippen molar-refractivity contribution in [2.24, 2.45) is 5.92 Å². The van der Waals surface area contributed by atoms with Gasteiger partial charge in [0.2, 0.25) is 5.91 Å². The maximum Gasteiger partial charge on any atom is 0.263 e. The molecule has 2 heterocycles. The number of nitrogens with zero attached hydrogens (tertiary/aromatic N) is 1. The Morgan fingerprint density at radius 3 is 2.84 bits per heavy atom. The number of aryl methyl sites for hydroxylation is 1. The van der Waals surface area contributed by atoms with Gasteiger partial charge in [-0.05, 0) is 56.9 Å². The van der Waals surface area contributed by atoms with Crippen LogP contribution in [0.1, 0.15) is 46.1 Å². The molecule has 5 nitrogen and oxygen atoms in total. The fourth-order valence-corrected chi connectivity index (χ4v) is 4.43. The number of carbonyl (C=O) groups is 2. The predicted octanol–water partition coefficient (Wildman–Crippen LogP) is 3.24. The van der Waals surface area contributed by atoms with Crippen molar-refractivity contribution in [2.75, 3.05) is 13.1 Å². The van der Waals surface area contributed by atoms with Gasteiger partial charge in [0.25, 0.3) is 5.91 Å². The molecule has 1 aliphatic carbocycles. The SMILES string of the molecule is CCN(CC)C(=O)c1cc2c(s1)CCC(C(=O)NCc1ccco1)C2. The first-order valence-electron chi connectivity index (χ1n) is 8.83. The van der Waals surface area contributed by atoms with E-state index in [4.69, 9.17) is 4.42 Å². The van der Waals surface area contributed by atoms with E-state index in [1.165, 1.54) is 4.88 Å². The second-order valence-corrected chi connectivity index (χ2v) is 7.41. The molecule has 3 rings (SSSR count). The lowest BCUT2D eigenvalue weighted by Crippen LogP contribution is -2.33. The Morgan fingerprint density at radius 1 is 1.36 bits per heavy atom. The van der Waals surface area contributed by atoms with Gasteiger partial charge in [0.05, 0.1) is 17.7 Å². The van der Waals surface area contributed by atoms with Gasteiger partial charge in [-0.25, -0.2) is 0 Å². The molecular formula is C19H24N2O3S. The summed E-state index contributed by atoms with van der Waals surface area (Å²) in [6.07, 6.45) is 4.01. The van der Waals surface area contributed by atoms with Crippen molar-refractivity contribution in [1.29, 1.82) is 0 Å². The summed E-state index contributed by atoms with van der Waals surface area (Å²) >= 11 is 1.59. The molecule has 0 saturated carbocycles. The highest BCUT2D eigenvalue weighted by atomic mass is 32.1. The average Bonchev–Trinajstić information content (AvgIpc) is 3.29. The number of rotatable bonds is 6. The molecule has 25 heavy (non-hydrogen) atoms. The molecule has 1 atom stereocenters. The summed E-state index contributed by atoms with van der Waals surface area (Å²) in [6.45, 7) is 5.85. The van der Waals surface area contributed by atoms with E-state index in [0.29, 0.717) is 13.0 Å². The van der Waals surface area contributed by atoms with Gasteiger partial charge >= 0.3 is 0 Å². The number of nitrogens with one attached hydrogen (secondary N) is 1. The zero-order valence-electron chi connectivity index (χ0n) is 14.7. The molecular weight excluding hydrogens is 336 g/mol. The molecule has 0 radical (unpaired) electrons. The molecule has 134 valence electrons. The van der Waals surface area contributed by atoms with Crippen molar-refractivity contribution in [3.05, 3.63) is 45.5 Å². The smallest absolute Gasteiger partial charge is 0.263 e. The van der Waals surface area contributed by atoms with E-state index in [0.717, 1.165) is 42.1 Å². The number of carbonyl (C=O) groups excluding carboxylic acids is 2. The van der Waals surface area contributed by atoms with E-state index >= 15 is 0 Å². The number of thiophene rings is 1. The normalized spacial score (nSPS) is 16.3. The van der Waals surface area contributed by atoms with Crippen LogP contribution in [-0.2, 0) is 24.2 Å². The Morgan fingerprint density at radius 2 is 2.16 bits per heavy atom. The van der Waals surface area contributed by atoms with Crippen LogP contribution in [0.5, 0.6) is 0 Å². The molecule has 1 unspecified atom stereocenters. The fourth-order valence-electron chi connectivity index (χ4n) is 3.25. The predicted molar refractivity (Wildman–Crippen MR) is 97.6 cm³/mol. The summed E-state index contributed by atoms with van der Waals surface area (Å²) in [6, 6.07) is 5.66. The Hall–Kier alpha value is -2.08. The van der Waals surface area contributed by atoms with Gasteiger partial charge in [-0.1, -0.05) is 0 Å². The van der Waals surface area contributed by atoms with Crippen LogP contribution < -0.4 is 5.32 Å². The first-order chi connectivity index (χ1) is 12.1. The van der Waals surface area contributed by atoms with Gasteiger partial charge in [0.1, 0.15) is 5.76 Å². The summed E-state index contributed by atoms with van der Waals surface area (Å²) in [5.74, 6) is 0.883. The molecule has 0 saturated heterocycles. The third-order valence-corrected chi connectivity index (χ3v) is 5.96. The van der Waals surface area contributed by atoms with E-state index in [9.17, 15) is 9.59 Å². The monoisotopic (exact) mass is 360 g/mol. The Kier molecular flexibility index (Phi) is 5.58. The lowest BCUT2D eigenvalue weighted by atomic mass is 9.87. The van der Waals surface area contributed by atoms with Crippen LogP contribution in [0.3, 0.4) is 0 Å². The van der Waals surface area contributed by atoms with Gasteiger partial charge in [0.15, 0.2) is 0 Å². The average molecular weight is 360 g/mol. The first-order valence-corrected chi connectivity index (χ1v) is 9.65. The number of hydrogen-bond donors (Lipinski definition) is 1. The van der Waals surface area contributed by atoms with Crippen LogP contribution in [0.25, 0.3) is 0 Å². The largest absolute Gasteiger partial charge is 0.467 e. The van der Waals surface area contributed by atoms with E-state index in [2.05, 4.69) is 5.32 Å². The molecule has 2 aromatic heterocycles. The lowest BCUT2D eigenvalue weighted by molar-refractivity contribution is -0.125. The maximum atomic E-state index is 12.5. The van der Waals surface area contributed by atoms with Gasteiger partial charge in [-0.3, -0.25) is 9.59 Å². The fraction of sp³-hybridized carbons (Fsp3) is 0.474. The third kappa shape index (κ3) is 3.95. The number of hydrogen-bond acceptors (Lipinski definition) is 4.